The highest BCUT2D eigenvalue weighted by atomic mass is 16.6. The molecule has 6 rings (SSSR count). The van der Waals surface area contributed by atoms with Crippen molar-refractivity contribution in [2.24, 2.45) is 39.9 Å². The van der Waals surface area contributed by atoms with Gasteiger partial charge in [-0.3, -0.25) is 24.0 Å². The van der Waals surface area contributed by atoms with Crippen molar-refractivity contribution in [2.45, 2.75) is 110 Å². The molecule has 5 aliphatic rings. The number of esters is 6. The van der Waals surface area contributed by atoms with Crippen LogP contribution in [0.4, 0.5) is 0 Å². The van der Waals surface area contributed by atoms with Crippen LogP contribution in [0.15, 0.2) is 23.0 Å². The van der Waals surface area contributed by atoms with Crippen LogP contribution in [-0.4, -0.2) is 77.5 Å². The first-order valence-corrected chi connectivity index (χ1v) is 16.6. The number of cyclic esters (lactones) is 1. The molecule has 0 amide bonds. The first-order chi connectivity index (χ1) is 22.8. The van der Waals surface area contributed by atoms with Crippen LogP contribution >= 0.6 is 0 Å². The maximum atomic E-state index is 13.6. The van der Waals surface area contributed by atoms with Crippen molar-refractivity contribution in [3.8, 4) is 0 Å². The first-order valence-electron chi connectivity index (χ1n) is 16.6. The summed E-state index contributed by atoms with van der Waals surface area (Å²) in [6.45, 7) is 10.2. The summed E-state index contributed by atoms with van der Waals surface area (Å²) in [6.07, 6.45) is -1.83. The molecule has 4 saturated carbocycles. The molecule has 0 aromatic carbocycles. The van der Waals surface area contributed by atoms with Crippen molar-refractivity contribution in [2.75, 3.05) is 7.11 Å². The Kier molecular flexibility index (Phi) is 8.04. The minimum absolute atomic E-state index is 0.00405. The zero-order valence-electron chi connectivity index (χ0n) is 28.9. The van der Waals surface area contributed by atoms with Gasteiger partial charge < -0.3 is 37.9 Å². The van der Waals surface area contributed by atoms with E-state index in [9.17, 15) is 33.9 Å². The molecule has 4 aliphatic carbocycles. The Balaban J connectivity index is 1.67. The maximum Gasteiger partial charge on any atom is 0.347 e. The normalized spacial score (nSPS) is 43.6. The SMILES string of the molecule is COC(=O)[C@@H](OC(C)=O)[C@H]1[C@@]2(C)C[C@]3(OC(C)=O)[C@H]([C@H]2OC(C)=O)[C@@H](OC(C)=O)[C@]2(O)[C@@H]4CC(=O)O[C@@H](c5ccoc5)[C@]4(C)CC[C@@H]2[C@]13C. The van der Waals surface area contributed by atoms with E-state index in [0.29, 0.717) is 12.0 Å². The molecule has 1 aromatic heterocycles. The number of hydrogen-bond donors (Lipinski definition) is 1. The van der Waals surface area contributed by atoms with Crippen molar-refractivity contribution >= 4 is 35.8 Å². The van der Waals surface area contributed by atoms with E-state index in [1.165, 1.54) is 33.3 Å². The summed E-state index contributed by atoms with van der Waals surface area (Å²) in [5.74, 6) is -8.52. The number of fused-ring (bicyclic) bond motifs is 5. The lowest BCUT2D eigenvalue weighted by Gasteiger charge is -2.72. The lowest BCUT2D eigenvalue weighted by Crippen LogP contribution is -2.82. The monoisotopic (exact) mass is 688 g/mol. The smallest absolute Gasteiger partial charge is 0.347 e. The van der Waals surface area contributed by atoms with E-state index in [0.717, 1.165) is 14.0 Å². The number of carbonyl (C=O) groups is 6. The summed E-state index contributed by atoms with van der Waals surface area (Å²) >= 11 is 0. The molecule has 1 aliphatic heterocycles. The molecule has 5 fully saturated rings. The van der Waals surface area contributed by atoms with Crippen molar-refractivity contribution in [3.05, 3.63) is 24.2 Å². The Bertz CT molecular complexity index is 1590. The number of methoxy groups -OCH3 is 1. The molecule has 2 bridgehead atoms. The van der Waals surface area contributed by atoms with Gasteiger partial charge in [-0.05, 0) is 25.3 Å². The summed E-state index contributed by atoms with van der Waals surface area (Å²) in [5.41, 5.74) is -6.69. The minimum Gasteiger partial charge on any atom is -0.472 e. The molecule has 2 heterocycles. The quantitative estimate of drug-likeness (QED) is 0.325. The third kappa shape index (κ3) is 4.54. The zero-order valence-corrected chi connectivity index (χ0v) is 28.9. The van der Waals surface area contributed by atoms with Crippen LogP contribution in [0.5, 0.6) is 0 Å². The highest BCUT2D eigenvalue weighted by Crippen LogP contribution is 2.82. The second-order valence-corrected chi connectivity index (χ2v) is 15.2. The fourth-order valence-corrected chi connectivity index (χ4v) is 11.7. The Labute approximate surface area is 283 Å². The van der Waals surface area contributed by atoms with Crippen molar-refractivity contribution < 1.29 is 66.7 Å². The molecule has 49 heavy (non-hydrogen) atoms. The second kappa shape index (κ2) is 11.3. The van der Waals surface area contributed by atoms with Crippen molar-refractivity contribution in [1.29, 1.82) is 0 Å². The minimum atomic E-state index is -2.05. The molecular weight excluding hydrogens is 644 g/mol. The Morgan fingerprint density at radius 1 is 0.918 bits per heavy atom. The van der Waals surface area contributed by atoms with Crippen LogP contribution in [0.25, 0.3) is 0 Å². The summed E-state index contributed by atoms with van der Waals surface area (Å²) in [5, 5.41) is 13.6. The van der Waals surface area contributed by atoms with Gasteiger partial charge in [-0.25, -0.2) is 4.79 Å². The van der Waals surface area contributed by atoms with E-state index in [-0.39, 0.29) is 19.3 Å². The van der Waals surface area contributed by atoms with Crippen LogP contribution < -0.4 is 0 Å². The summed E-state index contributed by atoms with van der Waals surface area (Å²) in [6, 6.07) is 1.68. The van der Waals surface area contributed by atoms with E-state index in [4.69, 9.17) is 32.8 Å². The molecule has 14 heteroatoms. The molecule has 1 aromatic rings. The number of hydrogen-bond acceptors (Lipinski definition) is 14. The van der Waals surface area contributed by atoms with Crippen LogP contribution in [0, 0.1) is 39.9 Å². The predicted molar refractivity (Wildman–Crippen MR) is 162 cm³/mol. The zero-order chi connectivity index (χ0) is 36.1. The Morgan fingerprint density at radius 3 is 2.12 bits per heavy atom. The van der Waals surface area contributed by atoms with Gasteiger partial charge in [0, 0.05) is 67.3 Å². The fraction of sp³-hybridized carbons (Fsp3) is 0.714. The third-order valence-corrected chi connectivity index (χ3v) is 12.8. The summed E-state index contributed by atoms with van der Waals surface area (Å²) in [4.78, 5) is 78.8. The average Bonchev–Trinajstić information content (AvgIpc) is 3.65. The second-order valence-electron chi connectivity index (χ2n) is 15.2. The van der Waals surface area contributed by atoms with Crippen LogP contribution in [-0.2, 0) is 57.2 Å². The average molecular weight is 689 g/mol. The molecule has 14 nitrogen and oxygen atoms in total. The largest absolute Gasteiger partial charge is 0.472 e. The lowest BCUT2D eigenvalue weighted by molar-refractivity contribution is -0.358. The topological polar surface area (TPSA) is 191 Å². The number of rotatable bonds is 7. The molecule has 0 spiro atoms. The highest BCUT2D eigenvalue weighted by Gasteiger charge is 2.91. The summed E-state index contributed by atoms with van der Waals surface area (Å²) in [7, 11) is 1.15. The van der Waals surface area contributed by atoms with Crippen LogP contribution in [0.3, 0.4) is 0 Å². The van der Waals surface area contributed by atoms with Gasteiger partial charge in [-0.2, -0.15) is 0 Å². The van der Waals surface area contributed by atoms with Crippen molar-refractivity contribution in [1.82, 2.24) is 0 Å². The van der Waals surface area contributed by atoms with E-state index in [1.807, 2.05) is 6.92 Å². The molecule has 1 saturated heterocycles. The molecular formula is C35H44O14. The van der Waals surface area contributed by atoms with E-state index < -0.39 is 111 Å². The standard InChI is InChI=1S/C35H44O14/c1-16(36)45-25(30(41)43-8)26-32(6)15-34(49-19(4)39)24(28(32)46-17(2)37)29(47-18(3)38)35(42)21(33(26,34)7)9-11-31(5)22(35)13-23(40)48-27(31)20-10-12-44-14-20/h10,12,14,21-22,24-29,42H,9,11,13,15H2,1-8H3/t21-,22-,24-,25+,26+,27+,28-,29-,31-,32-,33-,34+,35-/m1/s1. The highest BCUT2D eigenvalue weighted by molar-refractivity contribution is 5.80. The van der Waals surface area contributed by atoms with Crippen molar-refractivity contribution in [3.63, 3.8) is 0 Å². The number of furan rings is 1. The van der Waals surface area contributed by atoms with Gasteiger partial charge in [-0.1, -0.05) is 20.8 Å². The first kappa shape index (κ1) is 34.9. The van der Waals surface area contributed by atoms with Gasteiger partial charge >= 0.3 is 35.8 Å². The lowest BCUT2D eigenvalue weighted by atomic mass is 9.36. The predicted octanol–water partition coefficient (Wildman–Crippen LogP) is 2.98. The molecule has 0 unspecified atom stereocenters. The fourth-order valence-electron chi connectivity index (χ4n) is 11.7. The van der Waals surface area contributed by atoms with Gasteiger partial charge in [0.2, 0.25) is 6.10 Å². The van der Waals surface area contributed by atoms with Gasteiger partial charge in [0.1, 0.15) is 29.5 Å². The number of carbonyl (C=O) groups excluding carboxylic acids is 6. The molecule has 13 atom stereocenters. The number of aliphatic hydroxyl groups is 1. The Morgan fingerprint density at radius 2 is 1.57 bits per heavy atom. The van der Waals surface area contributed by atoms with Gasteiger partial charge in [0.05, 0.1) is 32.0 Å². The third-order valence-electron chi connectivity index (χ3n) is 12.8. The Hall–Kier alpha value is -3.94. The molecule has 268 valence electrons. The molecule has 1 N–H and O–H groups in total. The van der Waals surface area contributed by atoms with E-state index in [2.05, 4.69) is 0 Å². The maximum absolute atomic E-state index is 13.6. The van der Waals surface area contributed by atoms with Crippen LogP contribution in [0.2, 0.25) is 0 Å². The van der Waals surface area contributed by atoms with Gasteiger partial charge in [0.25, 0.3) is 0 Å². The molecule has 0 radical (unpaired) electrons. The summed E-state index contributed by atoms with van der Waals surface area (Å²) < 4.78 is 40.7. The van der Waals surface area contributed by atoms with E-state index in [1.54, 1.807) is 19.9 Å². The van der Waals surface area contributed by atoms with Gasteiger partial charge in [-0.15, -0.1) is 0 Å². The number of ether oxygens (including phenoxy) is 6. The van der Waals surface area contributed by atoms with E-state index >= 15 is 0 Å². The van der Waals surface area contributed by atoms with Gasteiger partial charge in [0.15, 0.2) is 0 Å². The van der Waals surface area contributed by atoms with Crippen LogP contribution in [0.1, 0.15) is 85.8 Å².